The van der Waals surface area contributed by atoms with E-state index < -0.39 is 17.2 Å². The van der Waals surface area contributed by atoms with Crippen LogP contribution in [0.4, 0.5) is 0 Å². The van der Waals surface area contributed by atoms with Crippen LogP contribution in [-0.2, 0) is 9.53 Å². The molecule has 0 saturated carbocycles. The van der Waals surface area contributed by atoms with E-state index in [1.165, 1.54) is 6.20 Å². The van der Waals surface area contributed by atoms with Gasteiger partial charge in [-0.15, -0.1) is 5.10 Å². The van der Waals surface area contributed by atoms with Crippen LogP contribution in [0.25, 0.3) is 0 Å². The third kappa shape index (κ3) is 4.78. The van der Waals surface area contributed by atoms with Crippen molar-refractivity contribution >= 4 is 18.3 Å². The van der Waals surface area contributed by atoms with Crippen LogP contribution in [0.5, 0.6) is 0 Å². The van der Waals surface area contributed by atoms with Crippen molar-refractivity contribution < 1.29 is 29.3 Å². The number of aliphatic hydroxyl groups is 1. The zero-order chi connectivity index (χ0) is 23.2. The van der Waals surface area contributed by atoms with Gasteiger partial charge in [0.15, 0.2) is 5.69 Å². The number of likely N-dealkylation sites (tertiary alicyclic amines) is 1. The molecule has 2 aliphatic rings. The first kappa shape index (κ1) is 23.4. The van der Waals surface area contributed by atoms with Gasteiger partial charge in [0.25, 0.3) is 18.3 Å². The minimum atomic E-state index is -0.892. The molecule has 1 spiro atoms. The summed E-state index contributed by atoms with van der Waals surface area (Å²) in [6.45, 7) is 2.90. The number of carboxylic acid groups (broad SMARTS) is 1. The van der Waals surface area contributed by atoms with Gasteiger partial charge in [-0.2, -0.15) is 5.10 Å². The van der Waals surface area contributed by atoms with E-state index in [2.05, 4.69) is 20.5 Å². The average molecular weight is 445 g/mol. The summed E-state index contributed by atoms with van der Waals surface area (Å²) in [6, 6.07) is 6.76. The summed E-state index contributed by atoms with van der Waals surface area (Å²) in [5.74, 6) is -0.440. The molecule has 2 amide bonds. The Balaban J connectivity index is 0.000000913. The minimum absolute atomic E-state index is 0.180. The van der Waals surface area contributed by atoms with Gasteiger partial charge >= 0.3 is 0 Å². The fourth-order valence-electron chi connectivity index (χ4n) is 4.28. The lowest BCUT2D eigenvalue weighted by atomic mass is 9.73. The van der Waals surface area contributed by atoms with Crippen LogP contribution < -0.4 is 5.32 Å². The van der Waals surface area contributed by atoms with Crippen molar-refractivity contribution in [2.75, 3.05) is 19.7 Å². The molecule has 4 N–H and O–H groups in total. The summed E-state index contributed by atoms with van der Waals surface area (Å²) in [7, 11) is 0. The van der Waals surface area contributed by atoms with Crippen molar-refractivity contribution in [3.8, 4) is 0 Å². The molecule has 2 saturated heterocycles. The molecular weight excluding hydrogens is 418 g/mol. The van der Waals surface area contributed by atoms with Crippen molar-refractivity contribution in [1.29, 1.82) is 0 Å². The lowest BCUT2D eigenvalue weighted by molar-refractivity contribution is -0.203. The van der Waals surface area contributed by atoms with Gasteiger partial charge in [0.05, 0.1) is 11.1 Å². The number of nitrogens with one attached hydrogen (secondary N) is 2. The zero-order valence-electron chi connectivity index (χ0n) is 17.7. The third-order valence-corrected chi connectivity index (χ3v) is 6.04. The number of ether oxygens (including phenoxy) is 1. The average Bonchev–Trinajstić information content (AvgIpc) is 3.34. The minimum Gasteiger partial charge on any atom is -0.483 e. The maximum atomic E-state index is 12.6. The van der Waals surface area contributed by atoms with Crippen LogP contribution in [0.2, 0.25) is 0 Å². The smallest absolute Gasteiger partial charge is 0.290 e. The molecule has 11 nitrogen and oxygen atoms in total. The fourth-order valence-corrected chi connectivity index (χ4v) is 4.28. The van der Waals surface area contributed by atoms with E-state index in [0.717, 1.165) is 0 Å². The number of rotatable bonds is 3. The lowest BCUT2D eigenvalue weighted by Crippen LogP contribution is -2.69. The molecule has 2 fully saturated rings. The summed E-state index contributed by atoms with van der Waals surface area (Å²) in [5, 5.41) is 28.7. The molecular formula is C21H27N5O6. The van der Waals surface area contributed by atoms with Crippen LogP contribution in [0.15, 0.2) is 36.7 Å². The molecule has 4 heterocycles. The SMILES string of the molecule is C[C@]1(NC(=O)c2ccc[nH]2)CCOC2(CCN(C(=O)c3cccnn3)CC2)[C@@H]1O.O=CO. The Morgan fingerprint density at radius 1 is 1.28 bits per heavy atom. The van der Waals surface area contributed by atoms with Gasteiger partial charge in [-0.3, -0.25) is 14.4 Å². The Morgan fingerprint density at radius 2 is 2.00 bits per heavy atom. The molecule has 172 valence electrons. The van der Waals surface area contributed by atoms with Crippen LogP contribution in [0, 0.1) is 0 Å². The third-order valence-electron chi connectivity index (χ3n) is 6.04. The second-order valence-electron chi connectivity index (χ2n) is 8.03. The van der Waals surface area contributed by atoms with E-state index in [0.29, 0.717) is 50.3 Å². The molecule has 2 atom stereocenters. The Bertz CT molecular complexity index is 914. The van der Waals surface area contributed by atoms with Crippen molar-refractivity contribution in [3.05, 3.63) is 48.0 Å². The van der Waals surface area contributed by atoms with E-state index in [1.807, 2.05) is 6.92 Å². The molecule has 0 unspecified atom stereocenters. The Morgan fingerprint density at radius 3 is 2.59 bits per heavy atom. The van der Waals surface area contributed by atoms with Crippen LogP contribution in [-0.4, -0.2) is 85.5 Å². The molecule has 0 bridgehead atoms. The molecule has 0 aromatic carbocycles. The number of aliphatic hydroxyl groups excluding tert-OH is 1. The summed E-state index contributed by atoms with van der Waals surface area (Å²) in [4.78, 5) is 38.1. The molecule has 4 rings (SSSR count). The second-order valence-corrected chi connectivity index (χ2v) is 8.03. The molecule has 2 aliphatic heterocycles. The molecule has 0 aliphatic carbocycles. The molecule has 0 radical (unpaired) electrons. The number of carbonyl (C=O) groups is 3. The summed E-state index contributed by atoms with van der Waals surface area (Å²) < 4.78 is 6.05. The van der Waals surface area contributed by atoms with E-state index in [1.54, 1.807) is 35.4 Å². The van der Waals surface area contributed by atoms with Gasteiger partial charge in [-0.1, -0.05) is 0 Å². The first-order valence-corrected chi connectivity index (χ1v) is 10.3. The number of nitrogens with zero attached hydrogens (tertiary/aromatic N) is 3. The van der Waals surface area contributed by atoms with Crippen molar-refractivity contribution in [2.45, 2.75) is 43.4 Å². The number of carbonyl (C=O) groups excluding carboxylic acids is 2. The predicted molar refractivity (Wildman–Crippen MR) is 112 cm³/mol. The maximum Gasteiger partial charge on any atom is 0.290 e. The number of H-pyrrole nitrogens is 1. The number of amides is 2. The second kappa shape index (κ2) is 9.88. The topological polar surface area (TPSA) is 158 Å². The number of aromatic nitrogens is 3. The Kier molecular flexibility index (Phi) is 7.21. The van der Waals surface area contributed by atoms with Gasteiger partial charge < -0.3 is 30.2 Å². The number of piperidine rings is 1. The summed E-state index contributed by atoms with van der Waals surface area (Å²) in [6.07, 6.45) is 3.78. The monoisotopic (exact) mass is 445 g/mol. The van der Waals surface area contributed by atoms with Gasteiger partial charge in [0.2, 0.25) is 0 Å². The Labute approximate surface area is 184 Å². The summed E-state index contributed by atoms with van der Waals surface area (Å²) >= 11 is 0. The first-order valence-electron chi connectivity index (χ1n) is 10.3. The lowest BCUT2D eigenvalue weighted by Gasteiger charge is -2.53. The highest BCUT2D eigenvalue weighted by Crippen LogP contribution is 2.40. The number of aromatic amines is 1. The molecule has 32 heavy (non-hydrogen) atoms. The number of hydrogen-bond donors (Lipinski definition) is 4. The molecule has 2 aromatic heterocycles. The highest BCUT2D eigenvalue weighted by Gasteiger charge is 2.54. The van der Waals surface area contributed by atoms with E-state index in [4.69, 9.17) is 14.6 Å². The van der Waals surface area contributed by atoms with Crippen molar-refractivity contribution in [3.63, 3.8) is 0 Å². The highest BCUT2D eigenvalue weighted by molar-refractivity contribution is 5.93. The van der Waals surface area contributed by atoms with Crippen LogP contribution >= 0.6 is 0 Å². The number of hydrogen-bond acceptors (Lipinski definition) is 7. The highest BCUT2D eigenvalue weighted by atomic mass is 16.5. The normalized spacial score (nSPS) is 24.2. The molecule has 11 heteroatoms. The van der Waals surface area contributed by atoms with E-state index >= 15 is 0 Å². The van der Waals surface area contributed by atoms with Crippen LogP contribution in [0.1, 0.15) is 47.2 Å². The van der Waals surface area contributed by atoms with E-state index in [-0.39, 0.29) is 18.3 Å². The quantitative estimate of drug-likeness (QED) is 0.496. The van der Waals surface area contributed by atoms with Gasteiger partial charge in [-0.05, 0) is 50.5 Å². The standard InChI is InChI=1S/C20H25N5O4.CH2O2/c1-19(23-16(26)14-4-2-9-21-14)8-13-29-20(18(19)28)6-11-25(12-7-20)17(27)15-5-3-10-22-24-15;2-1-3/h2-5,9-10,18,21,28H,6-8,11-13H2,1H3,(H,23,26);1H,(H,2,3)/t18-,19+;/m1./s1. The first-order chi connectivity index (χ1) is 15.3. The van der Waals surface area contributed by atoms with Gasteiger partial charge in [-0.25, -0.2) is 0 Å². The summed E-state index contributed by atoms with van der Waals surface area (Å²) in [5.41, 5.74) is -0.868. The zero-order valence-corrected chi connectivity index (χ0v) is 17.7. The Hall–Kier alpha value is -3.31. The maximum absolute atomic E-state index is 12.6. The van der Waals surface area contributed by atoms with Gasteiger partial charge in [0.1, 0.15) is 11.8 Å². The van der Waals surface area contributed by atoms with E-state index in [9.17, 15) is 14.7 Å². The van der Waals surface area contributed by atoms with Crippen LogP contribution in [0.3, 0.4) is 0 Å². The fraction of sp³-hybridized carbons (Fsp3) is 0.476. The van der Waals surface area contributed by atoms with Crippen molar-refractivity contribution in [2.24, 2.45) is 0 Å². The van der Waals surface area contributed by atoms with Gasteiger partial charge in [0, 0.05) is 32.1 Å². The van der Waals surface area contributed by atoms with Crippen molar-refractivity contribution in [1.82, 2.24) is 25.4 Å². The largest absolute Gasteiger partial charge is 0.483 e. The molecule has 2 aromatic rings. The predicted octanol–water partition coefficient (Wildman–Crippen LogP) is 0.450.